The van der Waals surface area contributed by atoms with Crippen molar-refractivity contribution >= 4 is 11.8 Å². The largest absolute Gasteiger partial charge is 0.313 e. The van der Waals surface area contributed by atoms with E-state index in [1.165, 1.54) is 36.1 Å². The third kappa shape index (κ3) is 5.52. The molecule has 1 rings (SSSR count). The summed E-state index contributed by atoms with van der Waals surface area (Å²) in [6.07, 6.45) is 9.93. The summed E-state index contributed by atoms with van der Waals surface area (Å²) in [5.41, 5.74) is 2.64. The van der Waals surface area contributed by atoms with Crippen LogP contribution in [0.15, 0.2) is 18.5 Å². The number of nitrogens with one attached hydrogen (secondary N) is 1. The molecule has 0 saturated heterocycles. The summed E-state index contributed by atoms with van der Waals surface area (Å²) < 4.78 is 0. The van der Waals surface area contributed by atoms with Crippen LogP contribution >= 0.6 is 11.8 Å². The van der Waals surface area contributed by atoms with Crippen LogP contribution in [0.1, 0.15) is 30.4 Å². The van der Waals surface area contributed by atoms with Crippen molar-refractivity contribution in [1.29, 1.82) is 0 Å². The number of unbranched alkanes of at least 4 members (excludes halogenated alkanes) is 2. The molecule has 0 spiro atoms. The zero-order valence-corrected chi connectivity index (χ0v) is 11.1. The van der Waals surface area contributed by atoms with E-state index in [4.69, 9.17) is 0 Å². The van der Waals surface area contributed by atoms with E-state index in [0.717, 1.165) is 13.1 Å². The summed E-state index contributed by atoms with van der Waals surface area (Å²) in [6, 6.07) is 2.06. The molecule has 16 heavy (non-hydrogen) atoms. The highest BCUT2D eigenvalue weighted by Crippen LogP contribution is 2.04. The Kier molecular flexibility index (Phi) is 7.26. The zero-order valence-electron chi connectivity index (χ0n) is 10.3. The van der Waals surface area contributed by atoms with Crippen LogP contribution in [0.25, 0.3) is 0 Å². The van der Waals surface area contributed by atoms with Gasteiger partial charge in [0.05, 0.1) is 0 Å². The Labute approximate surface area is 103 Å². The Morgan fingerprint density at radius 2 is 2.19 bits per heavy atom. The van der Waals surface area contributed by atoms with Crippen LogP contribution < -0.4 is 5.32 Å². The molecule has 0 aliphatic carbocycles. The predicted octanol–water partition coefficient (Wildman–Crippen LogP) is 3.01. The second kappa shape index (κ2) is 8.59. The fourth-order valence-electron chi connectivity index (χ4n) is 1.58. The third-order valence-electron chi connectivity index (χ3n) is 2.66. The van der Waals surface area contributed by atoms with Crippen molar-refractivity contribution < 1.29 is 0 Å². The molecule has 0 aliphatic rings. The van der Waals surface area contributed by atoms with E-state index in [1.807, 2.05) is 24.2 Å². The van der Waals surface area contributed by atoms with Crippen LogP contribution in [0, 0.1) is 6.92 Å². The van der Waals surface area contributed by atoms with Gasteiger partial charge in [0.15, 0.2) is 0 Å². The lowest BCUT2D eigenvalue weighted by molar-refractivity contribution is 0.616. The molecule has 3 heteroatoms. The summed E-state index contributed by atoms with van der Waals surface area (Å²) >= 11 is 1.94. The number of aromatic nitrogens is 1. The van der Waals surface area contributed by atoms with E-state index in [2.05, 4.69) is 29.5 Å². The third-order valence-corrected chi connectivity index (χ3v) is 3.36. The maximum Gasteiger partial charge on any atom is 0.0315 e. The van der Waals surface area contributed by atoms with Gasteiger partial charge in [0, 0.05) is 18.9 Å². The van der Waals surface area contributed by atoms with Crippen LogP contribution in [0.3, 0.4) is 0 Å². The van der Waals surface area contributed by atoms with Gasteiger partial charge in [-0.25, -0.2) is 0 Å². The van der Waals surface area contributed by atoms with Crippen molar-refractivity contribution in [2.24, 2.45) is 0 Å². The number of nitrogens with zero attached hydrogens (tertiary/aromatic N) is 1. The van der Waals surface area contributed by atoms with Gasteiger partial charge in [-0.15, -0.1) is 0 Å². The van der Waals surface area contributed by atoms with E-state index in [-0.39, 0.29) is 0 Å². The highest BCUT2D eigenvalue weighted by molar-refractivity contribution is 7.98. The molecule has 0 unspecified atom stereocenters. The van der Waals surface area contributed by atoms with Crippen LogP contribution in [-0.4, -0.2) is 23.5 Å². The number of hydrogen-bond donors (Lipinski definition) is 1. The average molecular weight is 238 g/mol. The smallest absolute Gasteiger partial charge is 0.0315 e. The van der Waals surface area contributed by atoms with Crippen LogP contribution in [0.2, 0.25) is 0 Å². The van der Waals surface area contributed by atoms with Crippen molar-refractivity contribution in [2.75, 3.05) is 18.6 Å². The highest BCUT2D eigenvalue weighted by Gasteiger charge is 1.96. The molecule has 1 aromatic heterocycles. The molecule has 0 bridgehead atoms. The zero-order chi connectivity index (χ0) is 11.6. The number of thioether (sulfide) groups is 1. The molecule has 0 radical (unpaired) electrons. The van der Waals surface area contributed by atoms with Crippen molar-refractivity contribution in [3.05, 3.63) is 29.6 Å². The second-order valence-corrected chi connectivity index (χ2v) is 5.02. The molecule has 2 nitrogen and oxygen atoms in total. The number of aryl methyl sites for hydroxylation is 1. The Hall–Kier alpha value is -0.540. The van der Waals surface area contributed by atoms with Gasteiger partial charge in [-0.3, -0.25) is 4.98 Å². The van der Waals surface area contributed by atoms with E-state index in [0.29, 0.717) is 0 Å². The topological polar surface area (TPSA) is 24.9 Å². The quantitative estimate of drug-likeness (QED) is 0.705. The Morgan fingerprint density at radius 3 is 2.94 bits per heavy atom. The minimum atomic E-state index is 0.947. The van der Waals surface area contributed by atoms with E-state index < -0.39 is 0 Å². The summed E-state index contributed by atoms with van der Waals surface area (Å²) in [6.45, 7) is 4.20. The Bertz CT molecular complexity index is 289. The lowest BCUT2D eigenvalue weighted by Crippen LogP contribution is -2.15. The number of rotatable bonds is 8. The molecule has 0 fully saturated rings. The van der Waals surface area contributed by atoms with Gasteiger partial charge in [-0.2, -0.15) is 11.8 Å². The molecule has 1 N–H and O–H groups in total. The fraction of sp³-hybridized carbons (Fsp3) is 0.615. The van der Waals surface area contributed by atoms with Gasteiger partial charge in [0.25, 0.3) is 0 Å². The summed E-state index contributed by atoms with van der Waals surface area (Å²) in [7, 11) is 0. The van der Waals surface area contributed by atoms with Crippen molar-refractivity contribution in [2.45, 2.75) is 32.7 Å². The molecular weight excluding hydrogens is 216 g/mol. The molecule has 1 heterocycles. The van der Waals surface area contributed by atoms with Gasteiger partial charge in [0.2, 0.25) is 0 Å². The average Bonchev–Trinajstić information content (AvgIpc) is 2.30. The van der Waals surface area contributed by atoms with Crippen molar-refractivity contribution in [3.8, 4) is 0 Å². The number of hydrogen-bond acceptors (Lipinski definition) is 3. The minimum Gasteiger partial charge on any atom is -0.313 e. The molecular formula is C13H22N2S. The van der Waals surface area contributed by atoms with Gasteiger partial charge in [0.1, 0.15) is 0 Å². The van der Waals surface area contributed by atoms with Crippen molar-refractivity contribution in [3.63, 3.8) is 0 Å². The summed E-state index contributed by atoms with van der Waals surface area (Å²) in [5.74, 6) is 1.29. The van der Waals surface area contributed by atoms with E-state index in [9.17, 15) is 0 Å². The van der Waals surface area contributed by atoms with Crippen LogP contribution in [0.5, 0.6) is 0 Å². The molecule has 1 aromatic rings. The van der Waals surface area contributed by atoms with Crippen LogP contribution in [-0.2, 0) is 6.54 Å². The normalized spacial score (nSPS) is 10.6. The van der Waals surface area contributed by atoms with Gasteiger partial charge in [-0.05, 0) is 55.5 Å². The maximum atomic E-state index is 4.14. The molecule has 0 amide bonds. The SMILES string of the molecule is CSCCCCCNCc1cnccc1C. The Morgan fingerprint density at radius 1 is 1.31 bits per heavy atom. The Balaban J connectivity index is 2.05. The monoisotopic (exact) mass is 238 g/mol. The number of pyridine rings is 1. The van der Waals surface area contributed by atoms with Gasteiger partial charge in [-0.1, -0.05) is 6.42 Å². The first kappa shape index (κ1) is 13.5. The first-order valence-corrected chi connectivity index (χ1v) is 7.33. The van der Waals surface area contributed by atoms with E-state index in [1.54, 1.807) is 0 Å². The molecule has 0 aliphatic heterocycles. The summed E-state index contributed by atoms with van der Waals surface area (Å²) in [5, 5.41) is 3.47. The first-order valence-electron chi connectivity index (χ1n) is 5.93. The lowest BCUT2D eigenvalue weighted by Gasteiger charge is -2.06. The predicted molar refractivity (Wildman–Crippen MR) is 72.9 cm³/mol. The van der Waals surface area contributed by atoms with Crippen LogP contribution in [0.4, 0.5) is 0 Å². The second-order valence-electron chi connectivity index (χ2n) is 4.03. The summed E-state index contributed by atoms with van der Waals surface area (Å²) in [4.78, 5) is 4.14. The minimum absolute atomic E-state index is 0.947. The lowest BCUT2D eigenvalue weighted by atomic mass is 10.1. The van der Waals surface area contributed by atoms with Gasteiger partial charge >= 0.3 is 0 Å². The van der Waals surface area contributed by atoms with E-state index >= 15 is 0 Å². The van der Waals surface area contributed by atoms with Gasteiger partial charge < -0.3 is 5.32 Å². The highest BCUT2D eigenvalue weighted by atomic mass is 32.2. The maximum absolute atomic E-state index is 4.14. The molecule has 0 aromatic carbocycles. The van der Waals surface area contributed by atoms with Crippen molar-refractivity contribution in [1.82, 2.24) is 10.3 Å². The fourth-order valence-corrected chi connectivity index (χ4v) is 2.07. The molecule has 0 atom stereocenters. The molecule has 0 saturated carbocycles. The first-order chi connectivity index (χ1) is 7.84. The molecule has 90 valence electrons. The standard InChI is InChI=1S/C13H22N2S/c1-12-6-8-15-11-13(12)10-14-7-4-3-5-9-16-2/h6,8,11,14H,3-5,7,9-10H2,1-2H3.